The van der Waals surface area contributed by atoms with Crippen LogP contribution >= 0.6 is 0 Å². The lowest BCUT2D eigenvalue weighted by Gasteiger charge is -2.20. The van der Waals surface area contributed by atoms with Crippen molar-refractivity contribution in [2.24, 2.45) is 0 Å². The Kier molecular flexibility index (Phi) is 6.16. The molecule has 3 rings (SSSR count). The van der Waals surface area contributed by atoms with E-state index in [0.717, 1.165) is 5.56 Å². The molecule has 4 nitrogen and oxygen atoms in total. The number of nitrogens with zero attached hydrogens (tertiary/aromatic N) is 2. The molecule has 1 heterocycles. The Bertz CT molecular complexity index is 1080. The highest BCUT2D eigenvalue weighted by molar-refractivity contribution is 5.71. The van der Waals surface area contributed by atoms with Gasteiger partial charge in [-0.1, -0.05) is 25.1 Å². The third kappa shape index (κ3) is 3.79. The van der Waals surface area contributed by atoms with Gasteiger partial charge < -0.3 is 4.74 Å². The largest absolute Gasteiger partial charge is 0.444 e. The van der Waals surface area contributed by atoms with E-state index in [2.05, 4.69) is 72.5 Å². The predicted molar refractivity (Wildman–Crippen MR) is 121 cm³/mol. The zero-order valence-electron chi connectivity index (χ0n) is 19.4. The highest BCUT2D eigenvalue weighted by Gasteiger charge is 2.21. The minimum atomic E-state index is -0.394. The average Bonchev–Trinajstić information content (AvgIpc) is 3.22. The summed E-state index contributed by atoms with van der Waals surface area (Å²) in [6.45, 7) is 17.1. The maximum Gasteiger partial charge on any atom is 0.419 e. The van der Waals surface area contributed by atoms with Crippen molar-refractivity contribution >= 4 is 6.09 Å². The lowest BCUT2D eigenvalue weighted by Crippen LogP contribution is -2.19. The van der Waals surface area contributed by atoms with E-state index in [4.69, 9.17) is 4.74 Å². The van der Waals surface area contributed by atoms with Crippen molar-refractivity contribution in [1.82, 2.24) is 9.55 Å². The van der Waals surface area contributed by atoms with Crippen molar-refractivity contribution in [2.45, 2.75) is 67.9 Å². The first-order valence-electron chi connectivity index (χ1n) is 10.5. The number of hydrogen-bond acceptors (Lipinski definition) is 3. The van der Waals surface area contributed by atoms with Crippen LogP contribution in [0, 0.1) is 48.5 Å². The molecule has 0 aliphatic heterocycles. The van der Waals surface area contributed by atoms with Crippen LogP contribution < -0.4 is 0 Å². The van der Waals surface area contributed by atoms with Gasteiger partial charge in [0.1, 0.15) is 12.4 Å². The number of carbonyl (C=O) groups is 1. The summed E-state index contributed by atoms with van der Waals surface area (Å²) in [7, 11) is 0. The van der Waals surface area contributed by atoms with Gasteiger partial charge in [0, 0.05) is 18.3 Å². The van der Waals surface area contributed by atoms with Crippen LogP contribution in [-0.2, 0) is 11.3 Å². The maximum absolute atomic E-state index is 12.9. The number of ether oxygens (including phenoxy) is 1. The van der Waals surface area contributed by atoms with Crippen molar-refractivity contribution in [2.75, 3.05) is 0 Å². The number of aromatic nitrogens is 2. The molecule has 0 unspecified atom stereocenters. The zero-order valence-corrected chi connectivity index (χ0v) is 19.4. The molecule has 0 amide bonds. The lowest BCUT2D eigenvalue weighted by atomic mass is 9.90. The van der Waals surface area contributed by atoms with Gasteiger partial charge in [-0.2, -0.15) is 0 Å². The Labute approximate surface area is 179 Å². The Morgan fingerprint density at radius 1 is 0.933 bits per heavy atom. The number of benzene rings is 2. The molecule has 0 radical (unpaired) electrons. The van der Waals surface area contributed by atoms with E-state index in [-0.39, 0.29) is 12.5 Å². The molecular formula is C26H32N2O2. The lowest BCUT2D eigenvalue weighted by molar-refractivity contribution is 0.140. The van der Waals surface area contributed by atoms with Gasteiger partial charge >= 0.3 is 6.09 Å². The number of aryl methyl sites for hydroxylation is 1. The van der Waals surface area contributed by atoms with Crippen molar-refractivity contribution < 1.29 is 9.53 Å². The van der Waals surface area contributed by atoms with E-state index < -0.39 is 6.09 Å². The normalized spacial score (nSPS) is 12.1. The Hall–Kier alpha value is -2.88. The number of imidazole rings is 1. The first-order valence-corrected chi connectivity index (χ1v) is 10.5. The zero-order chi connectivity index (χ0) is 22.2. The van der Waals surface area contributed by atoms with Crippen LogP contribution in [0.5, 0.6) is 0 Å². The number of carbonyl (C=O) groups excluding carboxylic acids is 1. The minimum Gasteiger partial charge on any atom is -0.444 e. The molecule has 2 aromatic carbocycles. The molecule has 0 aliphatic carbocycles. The molecule has 1 atom stereocenters. The monoisotopic (exact) mass is 404 g/mol. The molecule has 0 spiro atoms. The van der Waals surface area contributed by atoms with Gasteiger partial charge in [-0.25, -0.2) is 14.3 Å². The van der Waals surface area contributed by atoms with Crippen molar-refractivity contribution in [3.8, 4) is 0 Å². The third-order valence-electron chi connectivity index (χ3n) is 6.86. The molecule has 0 fully saturated rings. The second-order valence-corrected chi connectivity index (χ2v) is 8.32. The molecule has 4 heteroatoms. The van der Waals surface area contributed by atoms with E-state index in [1.54, 1.807) is 12.4 Å². The van der Waals surface area contributed by atoms with Crippen LogP contribution in [0.1, 0.15) is 68.7 Å². The van der Waals surface area contributed by atoms with Crippen LogP contribution in [0.3, 0.4) is 0 Å². The van der Waals surface area contributed by atoms with Crippen LogP contribution in [0.25, 0.3) is 0 Å². The molecule has 3 aromatic rings. The third-order valence-corrected chi connectivity index (χ3v) is 6.86. The summed E-state index contributed by atoms with van der Waals surface area (Å²) < 4.78 is 7.28. The summed E-state index contributed by atoms with van der Waals surface area (Å²) in [6, 6.07) is 6.25. The number of hydrogen-bond donors (Lipinski definition) is 0. The second-order valence-electron chi connectivity index (χ2n) is 8.32. The van der Waals surface area contributed by atoms with Crippen LogP contribution in [0.4, 0.5) is 4.79 Å². The predicted octanol–water partition coefficient (Wildman–Crippen LogP) is 6.38. The second kappa shape index (κ2) is 8.47. The smallest absolute Gasteiger partial charge is 0.419 e. The highest BCUT2D eigenvalue weighted by Crippen LogP contribution is 2.29. The van der Waals surface area contributed by atoms with E-state index in [0.29, 0.717) is 5.82 Å². The Morgan fingerprint density at radius 2 is 1.53 bits per heavy atom. The van der Waals surface area contributed by atoms with Crippen LogP contribution in [-0.4, -0.2) is 15.6 Å². The Balaban J connectivity index is 1.86. The molecule has 0 saturated heterocycles. The van der Waals surface area contributed by atoms with Gasteiger partial charge in [-0.15, -0.1) is 0 Å². The minimum absolute atomic E-state index is 0.0141. The van der Waals surface area contributed by atoms with Crippen molar-refractivity contribution in [3.63, 3.8) is 0 Å². The van der Waals surface area contributed by atoms with Gasteiger partial charge in [0.05, 0.1) is 0 Å². The molecule has 0 bridgehead atoms. The van der Waals surface area contributed by atoms with Gasteiger partial charge in [-0.3, -0.25) is 0 Å². The maximum atomic E-state index is 12.9. The van der Waals surface area contributed by atoms with E-state index in [1.807, 2.05) is 6.07 Å². The quantitative estimate of drug-likeness (QED) is 0.507. The summed E-state index contributed by atoms with van der Waals surface area (Å²) in [6.07, 6.45) is 2.95. The average molecular weight is 405 g/mol. The fourth-order valence-electron chi connectivity index (χ4n) is 4.17. The molecule has 158 valence electrons. The van der Waals surface area contributed by atoms with Gasteiger partial charge in [0.25, 0.3) is 0 Å². The van der Waals surface area contributed by atoms with Crippen molar-refractivity contribution in [3.05, 3.63) is 86.5 Å². The van der Waals surface area contributed by atoms with E-state index in [1.165, 1.54) is 49.1 Å². The standard InChI is InChI=1S/C26H32N2O2/c1-15-10-9-11-23(16(15)2)22(8)25-27-12-13-28(25)26(29)30-14-24-20(6)18(4)17(3)19(5)21(24)7/h9-13,22H,14H2,1-8H3/t22-/m0/s1. The van der Waals surface area contributed by atoms with Crippen molar-refractivity contribution in [1.29, 1.82) is 0 Å². The molecule has 30 heavy (non-hydrogen) atoms. The molecule has 0 N–H and O–H groups in total. The fraction of sp³-hybridized carbons (Fsp3) is 0.385. The first-order chi connectivity index (χ1) is 14.1. The van der Waals surface area contributed by atoms with Crippen LogP contribution in [0.15, 0.2) is 30.6 Å². The molecule has 0 aliphatic rings. The van der Waals surface area contributed by atoms with E-state index >= 15 is 0 Å². The van der Waals surface area contributed by atoms with Crippen LogP contribution in [0.2, 0.25) is 0 Å². The molecular weight excluding hydrogens is 372 g/mol. The molecule has 1 aromatic heterocycles. The number of rotatable bonds is 4. The summed E-state index contributed by atoms with van der Waals surface area (Å²) in [5, 5.41) is 0. The SMILES string of the molecule is Cc1cccc([C@H](C)c2nccn2C(=O)OCc2c(C)c(C)c(C)c(C)c2C)c1C. The van der Waals surface area contributed by atoms with E-state index in [9.17, 15) is 4.79 Å². The summed E-state index contributed by atoms with van der Waals surface area (Å²) >= 11 is 0. The summed E-state index contributed by atoms with van der Waals surface area (Å²) in [5.74, 6) is 0.679. The van der Waals surface area contributed by atoms with Gasteiger partial charge in [-0.05, 0) is 98.5 Å². The Morgan fingerprint density at radius 3 is 2.17 bits per heavy atom. The topological polar surface area (TPSA) is 44.1 Å². The fourth-order valence-corrected chi connectivity index (χ4v) is 4.17. The van der Waals surface area contributed by atoms with Gasteiger partial charge in [0.15, 0.2) is 0 Å². The first kappa shape index (κ1) is 21.8. The van der Waals surface area contributed by atoms with Gasteiger partial charge in [0.2, 0.25) is 0 Å². The molecule has 0 saturated carbocycles. The summed E-state index contributed by atoms with van der Waals surface area (Å²) in [4.78, 5) is 17.4. The highest BCUT2D eigenvalue weighted by atomic mass is 16.5. The summed E-state index contributed by atoms with van der Waals surface area (Å²) in [5.41, 5.74) is 10.9.